The molecule has 4 rings (SSSR count). The van der Waals surface area contributed by atoms with E-state index in [2.05, 4.69) is 15.1 Å². The Balaban J connectivity index is 1.44. The zero-order chi connectivity index (χ0) is 17.2. The Morgan fingerprint density at radius 2 is 2.08 bits per heavy atom. The van der Waals surface area contributed by atoms with Gasteiger partial charge in [-0.3, -0.25) is 4.79 Å². The summed E-state index contributed by atoms with van der Waals surface area (Å²) in [4.78, 5) is 22.2. The number of rotatable bonds is 3. The molecule has 2 aliphatic heterocycles. The van der Waals surface area contributed by atoms with Crippen LogP contribution in [-0.4, -0.2) is 56.4 Å². The molecule has 0 spiro atoms. The van der Waals surface area contributed by atoms with Crippen molar-refractivity contribution < 1.29 is 18.7 Å². The lowest BCUT2D eigenvalue weighted by Crippen LogP contribution is -2.44. The van der Waals surface area contributed by atoms with Crippen molar-refractivity contribution in [1.29, 1.82) is 0 Å². The van der Waals surface area contributed by atoms with Crippen LogP contribution >= 0.6 is 0 Å². The molecule has 25 heavy (non-hydrogen) atoms. The fourth-order valence-electron chi connectivity index (χ4n) is 3.12. The molecule has 0 N–H and O–H groups in total. The maximum absolute atomic E-state index is 12.9. The Morgan fingerprint density at radius 3 is 2.92 bits per heavy atom. The van der Waals surface area contributed by atoms with E-state index in [-0.39, 0.29) is 18.0 Å². The number of hydrogen-bond donors (Lipinski definition) is 0. The first-order chi connectivity index (χ1) is 12.2. The van der Waals surface area contributed by atoms with Crippen LogP contribution in [0.15, 0.2) is 18.6 Å². The number of piperidine rings is 1. The minimum atomic E-state index is -0.515. The highest BCUT2D eigenvalue weighted by Gasteiger charge is 2.30. The fraction of sp³-hybridized carbons (Fsp3) is 0.500. The van der Waals surface area contributed by atoms with Crippen LogP contribution in [0.1, 0.15) is 29.6 Å². The fourth-order valence-corrected chi connectivity index (χ4v) is 3.12. The predicted octanol–water partition coefficient (Wildman–Crippen LogP) is 1.28. The zero-order valence-electron chi connectivity index (χ0n) is 13.6. The summed E-state index contributed by atoms with van der Waals surface area (Å²) in [5, 5.41) is 4.23. The summed E-state index contributed by atoms with van der Waals surface area (Å²) in [6, 6.07) is 0.118. The number of fused-ring (bicyclic) bond motifs is 1. The first-order valence-corrected chi connectivity index (χ1v) is 8.33. The van der Waals surface area contributed by atoms with Crippen LogP contribution in [0.25, 0.3) is 0 Å². The van der Waals surface area contributed by atoms with Gasteiger partial charge >= 0.3 is 6.01 Å². The van der Waals surface area contributed by atoms with Crippen molar-refractivity contribution in [2.24, 2.45) is 0 Å². The minimum Gasteiger partial charge on any atom is -0.477 e. The third kappa shape index (κ3) is 3.26. The lowest BCUT2D eigenvalue weighted by Gasteiger charge is -2.32. The summed E-state index contributed by atoms with van der Waals surface area (Å²) in [6.45, 7) is 2.42. The van der Waals surface area contributed by atoms with Crippen LogP contribution < -0.4 is 9.47 Å². The Kier molecular flexibility index (Phi) is 4.21. The average molecular weight is 347 g/mol. The number of aryl methyl sites for hydroxylation is 1. The second kappa shape index (κ2) is 6.66. The van der Waals surface area contributed by atoms with Gasteiger partial charge in [0.25, 0.3) is 5.91 Å². The van der Waals surface area contributed by atoms with Gasteiger partial charge in [0.2, 0.25) is 5.88 Å². The summed E-state index contributed by atoms with van der Waals surface area (Å²) in [5.41, 5.74) is 0.485. The minimum absolute atomic E-state index is 0.114. The highest BCUT2D eigenvalue weighted by Crippen LogP contribution is 2.25. The van der Waals surface area contributed by atoms with E-state index in [1.54, 1.807) is 15.8 Å². The van der Waals surface area contributed by atoms with Gasteiger partial charge in [0, 0.05) is 19.5 Å². The van der Waals surface area contributed by atoms with Crippen molar-refractivity contribution in [2.45, 2.75) is 31.9 Å². The van der Waals surface area contributed by atoms with Crippen molar-refractivity contribution >= 4 is 5.91 Å². The van der Waals surface area contributed by atoms with Gasteiger partial charge in [0.05, 0.1) is 31.7 Å². The van der Waals surface area contributed by atoms with Gasteiger partial charge in [-0.25, -0.2) is 19.0 Å². The standard InChI is InChI=1S/C16H18FN5O3/c17-11-7-18-16(19-8-11)25-12-3-1-4-21(10-12)14(23)13-9-20-22-5-2-6-24-15(13)22/h7-9,12H,1-6,10H2/t12-/m1/s1. The molecule has 1 fully saturated rings. The van der Waals surface area contributed by atoms with E-state index in [0.29, 0.717) is 31.1 Å². The van der Waals surface area contributed by atoms with Crippen LogP contribution in [-0.2, 0) is 6.54 Å². The molecule has 2 aromatic rings. The molecule has 2 aliphatic rings. The van der Waals surface area contributed by atoms with E-state index in [1.165, 1.54) is 0 Å². The molecule has 0 radical (unpaired) electrons. The summed E-state index contributed by atoms with van der Waals surface area (Å²) in [7, 11) is 0. The van der Waals surface area contributed by atoms with Crippen molar-refractivity contribution in [3.63, 3.8) is 0 Å². The van der Waals surface area contributed by atoms with Crippen LogP contribution in [0, 0.1) is 5.82 Å². The van der Waals surface area contributed by atoms with E-state index in [0.717, 1.165) is 38.2 Å². The number of halogens is 1. The van der Waals surface area contributed by atoms with Crippen molar-refractivity contribution in [3.05, 3.63) is 30.0 Å². The maximum atomic E-state index is 12.9. The molecule has 0 aliphatic carbocycles. The van der Waals surface area contributed by atoms with Gasteiger partial charge in [0.1, 0.15) is 11.7 Å². The molecular formula is C16H18FN5O3. The third-order valence-electron chi connectivity index (χ3n) is 4.31. The lowest BCUT2D eigenvalue weighted by molar-refractivity contribution is 0.0510. The molecule has 1 atom stereocenters. The van der Waals surface area contributed by atoms with Crippen molar-refractivity contribution in [3.8, 4) is 11.9 Å². The van der Waals surface area contributed by atoms with Crippen LogP contribution in [0.5, 0.6) is 11.9 Å². The second-order valence-electron chi connectivity index (χ2n) is 6.11. The SMILES string of the molecule is O=C(c1cnn2c1OCCC2)N1CCC[C@@H](Oc2ncc(F)cn2)C1. The van der Waals surface area contributed by atoms with E-state index in [4.69, 9.17) is 9.47 Å². The Bertz CT molecular complexity index is 764. The van der Waals surface area contributed by atoms with Gasteiger partial charge in [-0.1, -0.05) is 0 Å². The van der Waals surface area contributed by atoms with Gasteiger partial charge in [0.15, 0.2) is 5.82 Å². The number of hydrogen-bond acceptors (Lipinski definition) is 6. The topological polar surface area (TPSA) is 82.4 Å². The third-order valence-corrected chi connectivity index (χ3v) is 4.31. The molecular weight excluding hydrogens is 329 g/mol. The normalized spacial score (nSPS) is 19.9. The Hall–Kier alpha value is -2.71. The predicted molar refractivity (Wildman–Crippen MR) is 83.9 cm³/mol. The summed E-state index contributed by atoms with van der Waals surface area (Å²) in [5.74, 6) is -0.0867. The lowest BCUT2D eigenvalue weighted by atomic mass is 10.1. The monoisotopic (exact) mass is 347 g/mol. The summed E-state index contributed by atoms with van der Waals surface area (Å²) in [6.07, 6.45) is 5.94. The first-order valence-electron chi connectivity index (χ1n) is 8.33. The quantitative estimate of drug-likeness (QED) is 0.832. The first kappa shape index (κ1) is 15.8. The highest BCUT2D eigenvalue weighted by atomic mass is 19.1. The molecule has 1 amide bonds. The molecule has 1 saturated heterocycles. The van der Waals surface area contributed by atoms with Gasteiger partial charge < -0.3 is 14.4 Å². The van der Waals surface area contributed by atoms with E-state index in [9.17, 15) is 9.18 Å². The van der Waals surface area contributed by atoms with Gasteiger partial charge in [-0.2, -0.15) is 5.10 Å². The molecule has 0 unspecified atom stereocenters. The number of nitrogens with zero attached hydrogens (tertiary/aromatic N) is 5. The smallest absolute Gasteiger partial charge is 0.316 e. The van der Waals surface area contributed by atoms with Crippen LogP contribution in [0.2, 0.25) is 0 Å². The zero-order valence-corrected chi connectivity index (χ0v) is 13.6. The number of amides is 1. The molecule has 0 bridgehead atoms. The Morgan fingerprint density at radius 1 is 1.24 bits per heavy atom. The van der Waals surface area contributed by atoms with Gasteiger partial charge in [-0.15, -0.1) is 0 Å². The molecule has 8 nitrogen and oxygen atoms in total. The molecule has 9 heteroatoms. The number of ether oxygens (including phenoxy) is 2. The second-order valence-corrected chi connectivity index (χ2v) is 6.11. The molecule has 2 aromatic heterocycles. The average Bonchev–Trinajstić information content (AvgIpc) is 3.07. The van der Waals surface area contributed by atoms with E-state index < -0.39 is 5.82 Å². The summed E-state index contributed by atoms with van der Waals surface area (Å²) < 4.78 is 25.9. The van der Waals surface area contributed by atoms with Gasteiger partial charge in [-0.05, 0) is 12.8 Å². The maximum Gasteiger partial charge on any atom is 0.316 e. The number of likely N-dealkylation sites (tertiary alicyclic amines) is 1. The molecule has 0 aromatic carbocycles. The van der Waals surface area contributed by atoms with E-state index in [1.807, 2.05) is 0 Å². The highest BCUT2D eigenvalue weighted by molar-refractivity contribution is 5.96. The number of aromatic nitrogens is 4. The Labute approximate surface area is 143 Å². The number of carbonyl (C=O) groups excluding carboxylic acids is 1. The molecule has 132 valence electrons. The molecule has 4 heterocycles. The molecule has 0 saturated carbocycles. The van der Waals surface area contributed by atoms with Crippen LogP contribution in [0.4, 0.5) is 4.39 Å². The largest absolute Gasteiger partial charge is 0.477 e. The van der Waals surface area contributed by atoms with Crippen molar-refractivity contribution in [2.75, 3.05) is 19.7 Å². The van der Waals surface area contributed by atoms with Crippen LogP contribution in [0.3, 0.4) is 0 Å². The summed E-state index contributed by atoms with van der Waals surface area (Å²) >= 11 is 0. The van der Waals surface area contributed by atoms with E-state index >= 15 is 0 Å². The number of carbonyl (C=O) groups is 1. The van der Waals surface area contributed by atoms with Crippen molar-refractivity contribution in [1.82, 2.24) is 24.6 Å².